The van der Waals surface area contributed by atoms with Gasteiger partial charge in [-0.25, -0.2) is 4.98 Å². The normalized spacial score (nSPS) is 10.8. The van der Waals surface area contributed by atoms with Gasteiger partial charge in [-0.15, -0.1) is 11.3 Å². The number of benzene rings is 1. The minimum Gasteiger partial charge on any atom is -0.484 e. The lowest BCUT2D eigenvalue weighted by atomic mass is 10.2. The molecule has 6 heteroatoms. The molecule has 1 heterocycles. The number of aliphatic hydroxyl groups is 1. The van der Waals surface area contributed by atoms with Gasteiger partial charge in [-0.3, -0.25) is 0 Å². The number of hydrogen-bond donors (Lipinski definition) is 1. The lowest BCUT2D eigenvalue weighted by Gasteiger charge is -2.10. The summed E-state index contributed by atoms with van der Waals surface area (Å²) < 4.78 is 7.43. The maximum atomic E-state index is 9.13. The van der Waals surface area contributed by atoms with E-state index in [0.29, 0.717) is 6.61 Å². The van der Waals surface area contributed by atoms with E-state index >= 15 is 0 Å². The van der Waals surface area contributed by atoms with Crippen molar-refractivity contribution in [3.8, 4) is 5.75 Å². The number of nitrogens with zero attached hydrogens (tertiary/aromatic N) is 1. The molecule has 0 aliphatic heterocycles. The van der Waals surface area contributed by atoms with Crippen molar-refractivity contribution < 1.29 is 9.84 Å². The number of halogens is 2. The molecule has 0 unspecified atom stereocenters. The van der Waals surface area contributed by atoms with E-state index < -0.39 is 0 Å². The molecule has 2 aromatic rings. The number of hydrogen-bond acceptors (Lipinski definition) is 4. The molecule has 102 valence electrons. The minimum atomic E-state index is 0.00233. The summed E-state index contributed by atoms with van der Waals surface area (Å²) in [4.78, 5) is 5.66. The predicted octanol–water partition coefficient (Wildman–Crippen LogP) is 4.36. The molecule has 1 aromatic heterocycles. The zero-order chi connectivity index (χ0) is 14.0. The highest BCUT2D eigenvalue weighted by Gasteiger charge is 2.11. The van der Waals surface area contributed by atoms with Crippen LogP contribution >= 0.6 is 43.2 Å². The Morgan fingerprint density at radius 3 is 2.37 bits per heavy atom. The fourth-order valence-corrected chi connectivity index (χ4v) is 3.93. The molecule has 1 N–H and O–H groups in total. The smallest absolute Gasteiger partial charge is 0.148 e. The van der Waals surface area contributed by atoms with Crippen molar-refractivity contribution >= 4 is 43.2 Å². The maximum absolute atomic E-state index is 9.13. The van der Waals surface area contributed by atoms with E-state index in [0.717, 1.165) is 31.0 Å². The quantitative estimate of drug-likeness (QED) is 0.820. The Morgan fingerprint density at radius 2 is 1.89 bits per heavy atom. The average molecular weight is 407 g/mol. The van der Waals surface area contributed by atoms with Crippen molar-refractivity contribution in [1.82, 2.24) is 4.98 Å². The molecule has 0 bridgehead atoms. The molecule has 0 amide bonds. The molecule has 19 heavy (non-hydrogen) atoms. The first kappa shape index (κ1) is 15.0. The summed E-state index contributed by atoms with van der Waals surface area (Å²) in [7, 11) is 0. The molecule has 0 saturated heterocycles. The highest BCUT2D eigenvalue weighted by atomic mass is 79.9. The van der Waals surface area contributed by atoms with Crippen LogP contribution in [0, 0.1) is 13.8 Å². The lowest BCUT2D eigenvalue weighted by Crippen LogP contribution is -1.97. The number of rotatable bonds is 4. The summed E-state index contributed by atoms with van der Waals surface area (Å²) in [6.45, 7) is 4.49. The average Bonchev–Trinajstić information content (AvgIpc) is 2.67. The van der Waals surface area contributed by atoms with Crippen molar-refractivity contribution in [3.63, 3.8) is 0 Å². The minimum absolute atomic E-state index is 0.00233. The fourth-order valence-electron chi connectivity index (χ4n) is 1.58. The van der Waals surface area contributed by atoms with Crippen molar-refractivity contribution in [2.45, 2.75) is 27.1 Å². The van der Waals surface area contributed by atoms with Crippen LogP contribution in [0.3, 0.4) is 0 Å². The topological polar surface area (TPSA) is 42.4 Å². The van der Waals surface area contributed by atoms with Gasteiger partial charge in [0.25, 0.3) is 0 Å². The third-order valence-corrected chi connectivity index (χ3v) is 4.88. The van der Waals surface area contributed by atoms with Gasteiger partial charge in [0.05, 0.1) is 21.2 Å². The van der Waals surface area contributed by atoms with Crippen LogP contribution in [0.15, 0.2) is 21.1 Å². The monoisotopic (exact) mass is 405 g/mol. The van der Waals surface area contributed by atoms with Crippen molar-refractivity contribution in [2.24, 2.45) is 0 Å². The molecule has 0 aliphatic rings. The Bertz CT molecular complexity index is 556. The molecule has 3 nitrogen and oxygen atoms in total. The number of thiazole rings is 1. The van der Waals surface area contributed by atoms with Gasteiger partial charge in [0, 0.05) is 4.88 Å². The summed E-state index contributed by atoms with van der Waals surface area (Å²) in [5.41, 5.74) is 1.88. The van der Waals surface area contributed by atoms with Crippen LogP contribution in [-0.2, 0) is 13.2 Å². The SMILES string of the molecule is Cc1nc(COc2c(Br)cc(CO)cc2Br)sc1C. The van der Waals surface area contributed by atoms with E-state index in [1.54, 1.807) is 11.3 Å². The largest absolute Gasteiger partial charge is 0.484 e. The molecule has 1 aromatic carbocycles. The Balaban J connectivity index is 2.15. The van der Waals surface area contributed by atoms with E-state index in [-0.39, 0.29) is 6.61 Å². The van der Waals surface area contributed by atoms with Gasteiger partial charge >= 0.3 is 0 Å². The second-order valence-corrected chi connectivity index (χ2v) is 7.08. The predicted molar refractivity (Wildman–Crippen MR) is 83.7 cm³/mol. The highest BCUT2D eigenvalue weighted by molar-refractivity contribution is 9.11. The van der Waals surface area contributed by atoms with E-state index in [1.165, 1.54) is 4.88 Å². The Hall–Kier alpha value is -0.430. The van der Waals surface area contributed by atoms with Crippen LogP contribution in [0.25, 0.3) is 0 Å². The lowest BCUT2D eigenvalue weighted by molar-refractivity contribution is 0.280. The van der Waals surface area contributed by atoms with E-state index in [2.05, 4.69) is 43.8 Å². The molecule has 0 atom stereocenters. The second kappa shape index (κ2) is 6.35. The number of aromatic nitrogens is 1. The molecule has 2 rings (SSSR count). The van der Waals surface area contributed by atoms with E-state index in [9.17, 15) is 0 Å². The maximum Gasteiger partial charge on any atom is 0.148 e. The third-order valence-electron chi connectivity index (χ3n) is 2.65. The van der Waals surface area contributed by atoms with Crippen LogP contribution in [-0.4, -0.2) is 10.1 Å². The fraction of sp³-hybridized carbons (Fsp3) is 0.308. The first-order chi connectivity index (χ1) is 9.01. The molecular formula is C13H13Br2NO2S. The van der Waals surface area contributed by atoms with Crippen molar-refractivity contribution in [2.75, 3.05) is 0 Å². The first-order valence-electron chi connectivity index (χ1n) is 5.65. The van der Waals surface area contributed by atoms with Gasteiger partial charge < -0.3 is 9.84 Å². The summed E-state index contributed by atoms with van der Waals surface area (Å²) in [6.07, 6.45) is 0. The zero-order valence-electron chi connectivity index (χ0n) is 10.5. The molecule has 0 radical (unpaired) electrons. The first-order valence-corrected chi connectivity index (χ1v) is 8.06. The van der Waals surface area contributed by atoms with E-state index in [4.69, 9.17) is 9.84 Å². The van der Waals surface area contributed by atoms with Crippen LogP contribution in [0.5, 0.6) is 5.75 Å². The van der Waals surface area contributed by atoms with Crippen LogP contribution < -0.4 is 4.74 Å². The van der Waals surface area contributed by atoms with Gasteiger partial charge in [-0.05, 0) is 63.4 Å². The Labute approximate surface area is 132 Å². The van der Waals surface area contributed by atoms with Crippen molar-refractivity contribution in [1.29, 1.82) is 0 Å². The van der Waals surface area contributed by atoms with Gasteiger partial charge in [-0.2, -0.15) is 0 Å². The summed E-state index contributed by atoms with van der Waals surface area (Å²) >= 11 is 8.54. The molecule has 0 fully saturated rings. The number of ether oxygens (including phenoxy) is 1. The van der Waals surface area contributed by atoms with Crippen LogP contribution in [0.2, 0.25) is 0 Å². The molecular weight excluding hydrogens is 394 g/mol. The van der Waals surface area contributed by atoms with Gasteiger partial charge in [0.2, 0.25) is 0 Å². The van der Waals surface area contributed by atoms with Gasteiger partial charge in [0.15, 0.2) is 0 Å². The number of aliphatic hydroxyl groups excluding tert-OH is 1. The summed E-state index contributed by atoms with van der Waals surface area (Å²) in [5.74, 6) is 0.725. The van der Waals surface area contributed by atoms with Crippen LogP contribution in [0.4, 0.5) is 0 Å². The van der Waals surface area contributed by atoms with Gasteiger partial charge in [-0.1, -0.05) is 0 Å². The molecule has 0 aliphatic carbocycles. The second-order valence-electron chi connectivity index (χ2n) is 4.08. The van der Waals surface area contributed by atoms with Crippen molar-refractivity contribution in [3.05, 3.63) is 42.2 Å². The standard InChI is InChI=1S/C13H13Br2NO2S/c1-7-8(2)19-12(16-7)6-18-13-10(14)3-9(5-17)4-11(13)15/h3-4,17H,5-6H2,1-2H3. The highest BCUT2D eigenvalue weighted by Crippen LogP contribution is 2.35. The molecule has 0 saturated carbocycles. The number of aryl methyl sites for hydroxylation is 2. The van der Waals surface area contributed by atoms with E-state index in [1.807, 2.05) is 19.1 Å². The Kier molecular flexibility index (Phi) is 5.00. The summed E-state index contributed by atoms with van der Waals surface area (Å²) in [6, 6.07) is 3.69. The Morgan fingerprint density at radius 1 is 1.26 bits per heavy atom. The van der Waals surface area contributed by atoms with Crippen LogP contribution in [0.1, 0.15) is 21.1 Å². The molecule has 0 spiro atoms. The third kappa shape index (κ3) is 3.56. The zero-order valence-corrected chi connectivity index (χ0v) is 14.5. The van der Waals surface area contributed by atoms with Gasteiger partial charge in [0.1, 0.15) is 17.4 Å². The summed E-state index contributed by atoms with van der Waals surface area (Å²) in [5, 5.41) is 10.1.